The van der Waals surface area contributed by atoms with Crippen molar-refractivity contribution in [3.63, 3.8) is 0 Å². The van der Waals surface area contributed by atoms with Crippen molar-refractivity contribution in [2.75, 3.05) is 79.3 Å². The van der Waals surface area contributed by atoms with E-state index in [4.69, 9.17) is 59.1 Å². The first kappa shape index (κ1) is 63.9. The first-order valence-corrected chi connectivity index (χ1v) is 23.2. The van der Waals surface area contributed by atoms with E-state index in [1.807, 2.05) is 0 Å². The van der Waals surface area contributed by atoms with Gasteiger partial charge in [-0.1, -0.05) is 38.5 Å². The molecular weight excluding hydrogens is 828 g/mol. The fraction of sp³-hybridized carbons (Fsp3) is 0.867. The van der Waals surface area contributed by atoms with Crippen molar-refractivity contribution in [1.82, 2.24) is 0 Å². The van der Waals surface area contributed by atoms with Gasteiger partial charge in [0.05, 0.1) is 39.6 Å². The van der Waals surface area contributed by atoms with Gasteiger partial charge in [-0.3, -0.25) is 28.8 Å². The maximum atomic E-state index is 11.3. The second-order valence-electron chi connectivity index (χ2n) is 14.6. The van der Waals surface area contributed by atoms with Gasteiger partial charge in [0.15, 0.2) is 0 Å². The number of unbranched alkanes of at least 4 members (excludes halogenated alkanes) is 13. The number of hydrogen-bond donors (Lipinski definition) is 6. The van der Waals surface area contributed by atoms with E-state index in [0.29, 0.717) is 123 Å². The lowest BCUT2D eigenvalue weighted by Crippen LogP contribution is -2.08. The largest absolute Gasteiger partial charge is 0.466 e. The molecule has 0 spiro atoms. The van der Waals surface area contributed by atoms with Gasteiger partial charge in [0.2, 0.25) is 0 Å². The Morgan fingerprint density at radius 3 is 0.587 bits per heavy atom. The number of ether oxygens (including phenoxy) is 6. The number of hydrogen-bond acceptors (Lipinski definition) is 18. The molecule has 63 heavy (non-hydrogen) atoms. The molecule has 0 unspecified atom stereocenters. The molecule has 0 heterocycles. The van der Waals surface area contributed by atoms with Crippen molar-refractivity contribution in [3.05, 3.63) is 0 Å². The predicted octanol–water partition coefficient (Wildman–Crippen LogP) is 4.70. The SMILES string of the molecule is O=C(CCCCCCC(=O)OCCCCO)OCCCCO.O=C(CCCCCCC(=O)OCCCCO)OCCCO.O=C(CCCCCCC(=O)OCCCCO)OCCO. The first-order chi connectivity index (χ1) is 30.6. The van der Waals surface area contributed by atoms with E-state index in [0.717, 1.165) is 77.0 Å². The zero-order chi connectivity index (χ0) is 47.3. The Bertz CT molecular complexity index is 1030. The van der Waals surface area contributed by atoms with E-state index < -0.39 is 0 Å². The Morgan fingerprint density at radius 1 is 0.206 bits per heavy atom. The summed E-state index contributed by atoms with van der Waals surface area (Å²) in [4.78, 5) is 67.6. The zero-order valence-electron chi connectivity index (χ0n) is 38.2. The second-order valence-corrected chi connectivity index (χ2v) is 14.6. The van der Waals surface area contributed by atoms with E-state index in [1.165, 1.54) is 0 Å². The minimum atomic E-state index is -0.289. The normalized spacial score (nSPS) is 10.4. The van der Waals surface area contributed by atoms with Crippen LogP contribution in [-0.2, 0) is 57.2 Å². The topological polar surface area (TPSA) is 279 Å². The third-order valence-electron chi connectivity index (χ3n) is 8.72. The Balaban J connectivity index is -0.000000858. The summed E-state index contributed by atoms with van der Waals surface area (Å²) in [5.41, 5.74) is 0. The highest BCUT2D eigenvalue weighted by atomic mass is 16.6. The molecule has 0 atom stereocenters. The summed E-state index contributed by atoms with van der Waals surface area (Å²) in [6, 6.07) is 0. The summed E-state index contributed by atoms with van der Waals surface area (Å²) in [7, 11) is 0. The van der Waals surface area contributed by atoms with Gasteiger partial charge >= 0.3 is 35.8 Å². The van der Waals surface area contributed by atoms with Crippen molar-refractivity contribution in [2.24, 2.45) is 0 Å². The smallest absolute Gasteiger partial charge is 0.305 e. The molecule has 6 N–H and O–H groups in total. The van der Waals surface area contributed by atoms with Crippen LogP contribution in [0.15, 0.2) is 0 Å². The molecule has 372 valence electrons. The van der Waals surface area contributed by atoms with Gasteiger partial charge in [0, 0.05) is 78.0 Å². The summed E-state index contributed by atoms with van der Waals surface area (Å²) in [6.07, 6.45) is 18.1. The minimum absolute atomic E-state index is 0.0311. The van der Waals surface area contributed by atoms with Crippen molar-refractivity contribution in [1.29, 1.82) is 0 Å². The third kappa shape index (κ3) is 58.6. The Labute approximate surface area is 375 Å². The first-order valence-electron chi connectivity index (χ1n) is 23.2. The van der Waals surface area contributed by atoms with Gasteiger partial charge in [-0.05, 0) is 89.9 Å². The lowest BCUT2D eigenvalue weighted by molar-refractivity contribution is -0.145. The van der Waals surface area contributed by atoms with E-state index in [-0.39, 0.29) is 88.7 Å². The standard InChI is InChI=1S/C16H30O6.C15H28O6.C14H26O6/c17-11-5-7-13-21-15(19)9-3-1-2-4-10-16(20)22-14-8-6-12-18;16-10-5-6-12-20-14(18)8-3-1-2-4-9-15(19)21-13-7-11-17;15-9-5-6-11-19-13(17)7-3-1-2-4-8-14(18)20-12-10-16/h17-18H,1-14H2;16-17H,1-13H2;15-16H,1-12H2. The van der Waals surface area contributed by atoms with Gasteiger partial charge in [-0.25, -0.2) is 0 Å². The molecule has 0 aromatic rings. The van der Waals surface area contributed by atoms with Crippen molar-refractivity contribution < 1.29 is 87.8 Å². The van der Waals surface area contributed by atoms with Gasteiger partial charge in [0.1, 0.15) is 6.61 Å². The summed E-state index contributed by atoms with van der Waals surface area (Å²) in [6.45, 7) is 2.22. The van der Waals surface area contributed by atoms with Crippen LogP contribution in [0.3, 0.4) is 0 Å². The highest BCUT2D eigenvalue weighted by Crippen LogP contribution is 2.10. The Hall–Kier alpha value is -3.42. The number of carbonyl (C=O) groups is 6. The third-order valence-corrected chi connectivity index (χ3v) is 8.72. The predicted molar refractivity (Wildman–Crippen MR) is 233 cm³/mol. The molecule has 0 aromatic heterocycles. The van der Waals surface area contributed by atoms with Crippen LogP contribution < -0.4 is 0 Å². The molecule has 18 nitrogen and oxygen atoms in total. The minimum Gasteiger partial charge on any atom is -0.466 e. The number of rotatable bonds is 42. The number of aliphatic hydroxyl groups is 6. The van der Waals surface area contributed by atoms with Gasteiger partial charge < -0.3 is 59.1 Å². The van der Waals surface area contributed by atoms with E-state index in [1.54, 1.807) is 0 Å². The van der Waals surface area contributed by atoms with Crippen molar-refractivity contribution >= 4 is 35.8 Å². The molecule has 0 saturated heterocycles. The van der Waals surface area contributed by atoms with Crippen molar-refractivity contribution in [2.45, 2.75) is 173 Å². The average Bonchev–Trinajstić information content (AvgIpc) is 3.27. The monoisotopic (exact) mass is 913 g/mol. The van der Waals surface area contributed by atoms with Crippen LogP contribution in [0.4, 0.5) is 0 Å². The van der Waals surface area contributed by atoms with Gasteiger partial charge in [-0.15, -0.1) is 0 Å². The lowest BCUT2D eigenvalue weighted by atomic mass is 10.1. The molecule has 0 rings (SSSR count). The van der Waals surface area contributed by atoms with E-state index >= 15 is 0 Å². The summed E-state index contributed by atoms with van der Waals surface area (Å²) in [5, 5.41) is 51.3. The molecule has 0 aliphatic heterocycles. The van der Waals surface area contributed by atoms with Crippen LogP contribution in [-0.4, -0.2) is 146 Å². The zero-order valence-corrected chi connectivity index (χ0v) is 38.2. The molecule has 0 aromatic carbocycles. The maximum absolute atomic E-state index is 11.3. The summed E-state index contributed by atoms with van der Waals surface area (Å²) >= 11 is 0. The van der Waals surface area contributed by atoms with Crippen LogP contribution in [0.1, 0.15) is 173 Å². The van der Waals surface area contributed by atoms with Crippen LogP contribution in [0.25, 0.3) is 0 Å². The molecule has 0 saturated carbocycles. The average molecular weight is 913 g/mol. The van der Waals surface area contributed by atoms with Gasteiger partial charge in [-0.2, -0.15) is 0 Å². The Morgan fingerprint density at radius 2 is 0.397 bits per heavy atom. The fourth-order valence-corrected chi connectivity index (χ4v) is 5.12. The molecule has 18 heteroatoms. The van der Waals surface area contributed by atoms with Gasteiger partial charge in [0.25, 0.3) is 0 Å². The second kappa shape index (κ2) is 54.7. The van der Waals surface area contributed by atoms with Crippen LogP contribution in [0.2, 0.25) is 0 Å². The molecule has 0 aliphatic carbocycles. The Kier molecular flexibility index (Phi) is 55.5. The van der Waals surface area contributed by atoms with Crippen LogP contribution in [0, 0.1) is 0 Å². The highest BCUT2D eigenvalue weighted by molar-refractivity contribution is 5.71. The quantitative estimate of drug-likeness (QED) is 0.0275. The molecular formula is C45H84O18. The summed E-state index contributed by atoms with van der Waals surface area (Å²) < 4.78 is 29.6. The fourth-order valence-electron chi connectivity index (χ4n) is 5.12. The van der Waals surface area contributed by atoms with E-state index in [9.17, 15) is 28.8 Å². The van der Waals surface area contributed by atoms with Crippen molar-refractivity contribution in [3.8, 4) is 0 Å². The van der Waals surface area contributed by atoms with E-state index in [2.05, 4.69) is 0 Å². The number of esters is 6. The molecule has 0 fully saturated rings. The van der Waals surface area contributed by atoms with Crippen LogP contribution >= 0.6 is 0 Å². The molecule has 0 aliphatic rings. The molecule has 0 radical (unpaired) electrons. The highest BCUT2D eigenvalue weighted by Gasteiger charge is 2.07. The number of carbonyl (C=O) groups excluding carboxylic acids is 6. The summed E-state index contributed by atoms with van der Waals surface area (Å²) in [5.74, 6) is -1.31. The lowest BCUT2D eigenvalue weighted by Gasteiger charge is -2.05. The number of aliphatic hydroxyl groups excluding tert-OH is 6. The molecule has 0 amide bonds. The van der Waals surface area contributed by atoms with Crippen LogP contribution in [0.5, 0.6) is 0 Å². The maximum Gasteiger partial charge on any atom is 0.305 e. The molecule has 0 bridgehead atoms.